The molecule has 0 fully saturated rings. The number of thiol groups is 1. The molecule has 0 aromatic rings. The van der Waals surface area contributed by atoms with Crippen molar-refractivity contribution in [2.45, 2.75) is 52.6 Å². The third-order valence-electron chi connectivity index (χ3n) is 3.35. The van der Waals surface area contributed by atoms with Crippen molar-refractivity contribution in [3.05, 3.63) is 0 Å². The van der Waals surface area contributed by atoms with Gasteiger partial charge in [-0.15, -0.1) is 0 Å². The summed E-state index contributed by atoms with van der Waals surface area (Å²) < 4.78 is 0. The van der Waals surface area contributed by atoms with Crippen LogP contribution < -0.4 is 16.4 Å². The summed E-state index contributed by atoms with van der Waals surface area (Å²) in [7, 11) is 0. The smallest absolute Gasteiger partial charge is 0.237 e. The number of nitrogens with one attached hydrogen (secondary N) is 2. The van der Waals surface area contributed by atoms with Crippen LogP contribution in [0.3, 0.4) is 0 Å². The largest absolute Gasteiger partial charge is 0.355 e. The van der Waals surface area contributed by atoms with E-state index < -0.39 is 0 Å². The Morgan fingerprint density at radius 2 is 1.95 bits per heavy atom. The summed E-state index contributed by atoms with van der Waals surface area (Å²) in [6, 6.07) is -0.179. The molecule has 0 saturated carbocycles. The lowest BCUT2D eigenvalue weighted by atomic mass is 9.98. The zero-order valence-electron chi connectivity index (χ0n) is 12.8. The van der Waals surface area contributed by atoms with Gasteiger partial charge in [-0.1, -0.05) is 34.1 Å². The number of nitrogens with two attached hydrogens (primary N) is 1. The van der Waals surface area contributed by atoms with Crippen molar-refractivity contribution in [3.63, 3.8) is 0 Å². The topological polar surface area (TPSA) is 67.1 Å². The molecule has 0 aliphatic heterocycles. The van der Waals surface area contributed by atoms with E-state index in [1.165, 1.54) is 0 Å². The van der Waals surface area contributed by atoms with Crippen LogP contribution in [-0.4, -0.2) is 36.8 Å². The van der Waals surface area contributed by atoms with E-state index in [0.717, 1.165) is 19.4 Å². The third kappa shape index (κ3) is 8.50. The molecule has 0 saturated heterocycles. The van der Waals surface area contributed by atoms with Gasteiger partial charge < -0.3 is 16.4 Å². The van der Waals surface area contributed by atoms with E-state index >= 15 is 0 Å². The number of hydrogen-bond acceptors (Lipinski definition) is 4. The molecule has 1 unspecified atom stereocenters. The molecule has 0 aromatic heterocycles. The third-order valence-corrected chi connectivity index (χ3v) is 3.82. The molecule has 0 bridgehead atoms. The second-order valence-electron chi connectivity index (χ2n) is 5.69. The Balaban J connectivity index is 4.27. The molecule has 4 N–H and O–H groups in total. The zero-order chi connectivity index (χ0) is 14.8. The minimum atomic E-state index is -0.164. The van der Waals surface area contributed by atoms with E-state index in [1.807, 2.05) is 0 Å². The molecule has 0 aliphatic carbocycles. The molecule has 0 rings (SSSR count). The van der Waals surface area contributed by atoms with E-state index in [9.17, 15) is 4.79 Å². The molecule has 19 heavy (non-hydrogen) atoms. The summed E-state index contributed by atoms with van der Waals surface area (Å²) in [4.78, 5) is 12.2. The van der Waals surface area contributed by atoms with Gasteiger partial charge in [-0.25, -0.2) is 0 Å². The Morgan fingerprint density at radius 3 is 2.42 bits per heavy atom. The van der Waals surface area contributed by atoms with Crippen molar-refractivity contribution in [3.8, 4) is 0 Å². The highest BCUT2D eigenvalue weighted by atomic mass is 32.1. The molecular weight excluding hydrogens is 258 g/mol. The quantitative estimate of drug-likeness (QED) is 0.460. The lowest BCUT2D eigenvalue weighted by Crippen LogP contribution is -2.51. The van der Waals surface area contributed by atoms with Crippen LogP contribution in [0.25, 0.3) is 0 Å². The average Bonchev–Trinajstić information content (AvgIpc) is 2.37. The summed E-state index contributed by atoms with van der Waals surface area (Å²) in [5, 5.41) is 6.28. The van der Waals surface area contributed by atoms with Gasteiger partial charge in [-0.3, -0.25) is 4.79 Å². The molecule has 1 amide bonds. The van der Waals surface area contributed by atoms with Gasteiger partial charge in [0.1, 0.15) is 0 Å². The molecule has 0 radical (unpaired) electrons. The van der Waals surface area contributed by atoms with Crippen molar-refractivity contribution in [2.75, 3.05) is 18.8 Å². The number of amides is 1. The van der Waals surface area contributed by atoms with Crippen molar-refractivity contribution < 1.29 is 4.79 Å². The average molecular weight is 289 g/mol. The van der Waals surface area contributed by atoms with Crippen LogP contribution in [0.15, 0.2) is 0 Å². The second kappa shape index (κ2) is 10.5. The highest BCUT2D eigenvalue weighted by Crippen LogP contribution is 2.08. The molecule has 0 spiro atoms. The van der Waals surface area contributed by atoms with Crippen LogP contribution in [0.4, 0.5) is 0 Å². The summed E-state index contributed by atoms with van der Waals surface area (Å²) in [5.41, 5.74) is 5.83. The fraction of sp³-hybridized carbons (Fsp3) is 0.929. The fourth-order valence-electron chi connectivity index (χ4n) is 1.72. The van der Waals surface area contributed by atoms with Crippen LogP contribution in [0.5, 0.6) is 0 Å². The standard InChI is InChI=1S/C14H31N3OS/c1-5-11(4)13(17-8-12(15)9-19)14(18)16-7-6-10(2)3/h10-13,17,19H,5-9,15H2,1-4H3,(H,16,18)/t11-,12?,13+/m0/s1. The first kappa shape index (κ1) is 18.7. The van der Waals surface area contributed by atoms with Crippen LogP contribution in [0, 0.1) is 11.8 Å². The Kier molecular flexibility index (Phi) is 10.4. The Bertz CT molecular complexity index is 249. The molecule has 5 heteroatoms. The molecular formula is C14H31N3OS. The van der Waals surface area contributed by atoms with Gasteiger partial charge in [0.25, 0.3) is 0 Å². The maximum absolute atomic E-state index is 12.2. The highest BCUT2D eigenvalue weighted by molar-refractivity contribution is 7.80. The summed E-state index contributed by atoms with van der Waals surface area (Å²) in [6.07, 6.45) is 1.97. The van der Waals surface area contributed by atoms with E-state index in [2.05, 4.69) is 51.0 Å². The van der Waals surface area contributed by atoms with Gasteiger partial charge >= 0.3 is 0 Å². The monoisotopic (exact) mass is 289 g/mol. The number of carbonyl (C=O) groups is 1. The number of rotatable bonds is 10. The molecule has 0 aliphatic rings. The fourth-order valence-corrected chi connectivity index (χ4v) is 1.85. The Labute approximate surface area is 123 Å². The molecule has 0 aromatic carbocycles. The lowest BCUT2D eigenvalue weighted by molar-refractivity contribution is -0.124. The molecule has 3 atom stereocenters. The first-order valence-electron chi connectivity index (χ1n) is 7.29. The summed E-state index contributed by atoms with van der Waals surface area (Å²) in [5.74, 6) is 1.61. The van der Waals surface area contributed by atoms with Gasteiger partial charge in [0.05, 0.1) is 6.04 Å². The predicted octanol–water partition coefficient (Wildman–Crippen LogP) is 1.41. The second-order valence-corrected chi connectivity index (χ2v) is 6.05. The van der Waals surface area contributed by atoms with Crippen LogP contribution >= 0.6 is 12.6 Å². The van der Waals surface area contributed by atoms with Crippen molar-refractivity contribution in [2.24, 2.45) is 17.6 Å². The highest BCUT2D eigenvalue weighted by Gasteiger charge is 2.23. The number of hydrogen-bond donors (Lipinski definition) is 4. The normalized spacial score (nSPS) is 16.2. The van der Waals surface area contributed by atoms with Crippen molar-refractivity contribution in [1.29, 1.82) is 0 Å². The van der Waals surface area contributed by atoms with Crippen LogP contribution in [-0.2, 0) is 4.79 Å². The van der Waals surface area contributed by atoms with Gasteiger partial charge in [0.15, 0.2) is 0 Å². The maximum atomic E-state index is 12.2. The zero-order valence-corrected chi connectivity index (χ0v) is 13.7. The first-order valence-corrected chi connectivity index (χ1v) is 7.93. The van der Waals surface area contributed by atoms with E-state index in [0.29, 0.717) is 24.1 Å². The molecule has 4 nitrogen and oxygen atoms in total. The van der Waals surface area contributed by atoms with Gasteiger partial charge in [-0.2, -0.15) is 12.6 Å². The van der Waals surface area contributed by atoms with Gasteiger partial charge in [0.2, 0.25) is 5.91 Å². The van der Waals surface area contributed by atoms with E-state index in [4.69, 9.17) is 5.73 Å². The van der Waals surface area contributed by atoms with Crippen molar-refractivity contribution in [1.82, 2.24) is 10.6 Å². The Morgan fingerprint density at radius 1 is 1.32 bits per heavy atom. The lowest BCUT2D eigenvalue weighted by Gasteiger charge is -2.25. The van der Waals surface area contributed by atoms with Crippen molar-refractivity contribution >= 4 is 18.5 Å². The Hall–Kier alpha value is -0.260. The van der Waals surface area contributed by atoms with E-state index in [1.54, 1.807) is 0 Å². The predicted molar refractivity (Wildman–Crippen MR) is 85.5 cm³/mol. The van der Waals surface area contributed by atoms with Crippen LogP contribution in [0.2, 0.25) is 0 Å². The minimum absolute atomic E-state index is 0.0154. The van der Waals surface area contributed by atoms with Crippen LogP contribution in [0.1, 0.15) is 40.5 Å². The SMILES string of the molecule is CC[C@H](C)[C@@H](NCC(N)CS)C(=O)NCCC(C)C. The van der Waals surface area contributed by atoms with Gasteiger partial charge in [0, 0.05) is 24.9 Å². The summed E-state index contributed by atoms with van der Waals surface area (Å²) >= 11 is 4.16. The van der Waals surface area contributed by atoms with E-state index in [-0.39, 0.29) is 18.0 Å². The number of carbonyl (C=O) groups excluding carboxylic acids is 1. The maximum Gasteiger partial charge on any atom is 0.237 e. The van der Waals surface area contributed by atoms with Gasteiger partial charge in [-0.05, 0) is 18.3 Å². The first-order chi connectivity index (χ1) is 8.92. The molecule has 114 valence electrons. The molecule has 0 heterocycles. The summed E-state index contributed by atoms with van der Waals surface area (Å²) in [6.45, 7) is 9.86. The minimum Gasteiger partial charge on any atom is -0.355 e.